The number of hydrogen-bond acceptors (Lipinski definition) is 5. The van der Waals surface area contributed by atoms with Crippen molar-refractivity contribution in [2.24, 2.45) is 0 Å². The molecule has 1 saturated heterocycles. The van der Waals surface area contributed by atoms with Crippen molar-refractivity contribution in [1.82, 2.24) is 19.9 Å². The maximum Gasteiger partial charge on any atom is 0.305 e. The maximum absolute atomic E-state index is 12.8. The molecule has 0 radical (unpaired) electrons. The molecule has 0 bridgehead atoms. The van der Waals surface area contributed by atoms with Gasteiger partial charge in [0, 0.05) is 19.7 Å². The molecule has 1 amide bonds. The molecule has 9 heteroatoms. The summed E-state index contributed by atoms with van der Waals surface area (Å²) in [6.07, 6.45) is 3.06. The van der Waals surface area contributed by atoms with E-state index in [4.69, 9.17) is 21.4 Å². The molecule has 1 aromatic carbocycles. The van der Waals surface area contributed by atoms with E-state index in [1.807, 2.05) is 0 Å². The highest BCUT2D eigenvalue weighted by atomic mass is 35.5. The van der Waals surface area contributed by atoms with E-state index < -0.39 is 5.97 Å². The summed E-state index contributed by atoms with van der Waals surface area (Å²) in [5.74, 6) is -1.34. The second-order valence-corrected chi connectivity index (χ2v) is 6.44. The van der Waals surface area contributed by atoms with E-state index in [2.05, 4.69) is 10.3 Å². The number of ether oxygens (including phenoxy) is 1. The van der Waals surface area contributed by atoms with Crippen LogP contribution in [0.4, 0.5) is 0 Å². The molecule has 8 nitrogen and oxygen atoms in total. The van der Waals surface area contributed by atoms with Crippen LogP contribution < -0.4 is 0 Å². The summed E-state index contributed by atoms with van der Waals surface area (Å²) in [5.41, 5.74) is 0.741. The zero-order chi connectivity index (χ0) is 18.5. The van der Waals surface area contributed by atoms with Gasteiger partial charge < -0.3 is 14.7 Å². The van der Waals surface area contributed by atoms with Crippen molar-refractivity contribution in [1.29, 1.82) is 0 Å². The number of rotatable bonds is 7. The lowest BCUT2D eigenvalue weighted by Gasteiger charge is -2.23. The highest BCUT2D eigenvalue weighted by Crippen LogP contribution is 2.19. The molecule has 138 valence electrons. The summed E-state index contributed by atoms with van der Waals surface area (Å²) < 4.78 is 6.99. The molecular formula is C17H19ClN4O4. The fraction of sp³-hybridized carbons (Fsp3) is 0.412. The van der Waals surface area contributed by atoms with Crippen molar-refractivity contribution < 1.29 is 19.4 Å². The first kappa shape index (κ1) is 18.3. The average molecular weight is 379 g/mol. The number of nitrogens with zero attached hydrogens (tertiary/aromatic N) is 4. The van der Waals surface area contributed by atoms with Crippen LogP contribution in [0.5, 0.6) is 0 Å². The van der Waals surface area contributed by atoms with Gasteiger partial charge in [-0.05, 0) is 25.0 Å². The molecular weight excluding hydrogens is 360 g/mol. The first-order chi connectivity index (χ1) is 12.5. The zero-order valence-corrected chi connectivity index (χ0v) is 14.8. The zero-order valence-electron chi connectivity index (χ0n) is 14.0. The van der Waals surface area contributed by atoms with Gasteiger partial charge in [-0.1, -0.05) is 28.9 Å². The van der Waals surface area contributed by atoms with E-state index in [1.165, 1.54) is 15.8 Å². The first-order valence-corrected chi connectivity index (χ1v) is 8.72. The Bertz CT molecular complexity index is 789. The number of carbonyl (C=O) groups is 2. The van der Waals surface area contributed by atoms with Gasteiger partial charge in [0.05, 0.1) is 29.4 Å². The van der Waals surface area contributed by atoms with E-state index >= 15 is 0 Å². The minimum absolute atomic E-state index is 0.0774. The summed E-state index contributed by atoms with van der Waals surface area (Å²) in [6, 6.07) is 7.08. The molecule has 26 heavy (non-hydrogen) atoms. The van der Waals surface area contributed by atoms with Crippen LogP contribution >= 0.6 is 11.6 Å². The second-order valence-electron chi connectivity index (χ2n) is 6.03. The summed E-state index contributed by atoms with van der Waals surface area (Å²) in [5, 5.41) is 17.3. The summed E-state index contributed by atoms with van der Waals surface area (Å²) in [6.45, 7) is 1.09. The molecule has 0 spiro atoms. The first-order valence-electron chi connectivity index (χ1n) is 8.34. The second kappa shape index (κ2) is 8.29. The number of aromatic nitrogens is 3. The molecule has 1 aliphatic heterocycles. The van der Waals surface area contributed by atoms with Crippen LogP contribution in [-0.2, 0) is 9.53 Å². The predicted octanol–water partition coefficient (Wildman–Crippen LogP) is 2.02. The number of hydrogen-bond donors (Lipinski definition) is 1. The Morgan fingerprint density at radius 2 is 2.19 bits per heavy atom. The van der Waals surface area contributed by atoms with Gasteiger partial charge in [-0.2, -0.15) is 0 Å². The largest absolute Gasteiger partial charge is 0.481 e. The number of aliphatic carboxylic acids is 1. The van der Waals surface area contributed by atoms with Crippen molar-refractivity contribution in [3.8, 4) is 5.69 Å². The summed E-state index contributed by atoms with van der Waals surface area (Å²) >= 11 is 6.14. The van der Waals surface area contributed by atoms with E-state index in [9.17, 15) is 9.59 Å². The van der Waals surface area contributed by atoms with Crippen LogP contribution in [0.1, 0.15) is 29.8 Å². The number of carbonyl (C=O) groups excluding carboxylic acids is 1. The Labute approximate surface area is 155 Å². The van der Waals surface area contributed by atoms with Crippen LogP contribution in [-0.4, -0.2) is 62.7 Å². The Balaban J connectivity index is 1.77. The van der Waals surface area contributed by atoms with Crippen LogP contribution in [0, 0.1) is 0 Å². The SMILES string of the molecule is O=C(O)CCN(C[C@H]1CCCO1)C(=O)c1cn(-c2ccccc2Cl)nn1. The summed E-state index contributed by atoms with van der Waals surface area (Å²) in [7, 11) is 0. The number of benzene rings is 1. The van der Waals surface area contributed by atoms with Gasteiger partial charge in [0.25, 0.3) is 5.91 Å². The molecule has 1 N–H and O–H groups in total. The van der Waals surface area contributed by atoms with Crippen LogP contribution in [0.2, 0.25) is 5.02 Å². The van der Waals surface area contributed by atoms with Gasteiger partial charge in [-0.3, -0.25) is 9.59 Å². The van der Waals surface area contributed by atoms with Gasteiger partial charge in [0.15, 0.2) is 5.69 Å². The van der Waals surface area contributed by atoms with Crippen molar-refractivity contribution >= 4 is 23.5 Å². The smallest absolute Gasteiger partial charge is 0.305 e. The van der Waals surface area contributed by atoms with Crippen LogP contribution in [0.15, 0.2) is 30.5 Å². The average Bonchev–Trinajstić information content (AvgIpc) is 3.30. The number of carboxylic acid groups (broad SMARTS) is 1. The fourth-order valence-electron chi connectivity index (χ4n) is 2.82. The lowest BCUT2D eigenvalue weighted by atomic mass is 10.2. The maximum atomic E-state index is 12.8. The fourth-order valence-corrected chi connectivity index (χ4v) is 3.04. The topological polar surface area (TPSA) is 97.6 Å². The Hall–Kier alpha value is -2.45. The molecule has 0 saturated carbocycles. The highest BCUT2D eigenvalue weighted by molar-refractivity contribution is 6.32. The minimum Gasteiger partial charge on any atom is -0.481 e. The molecule has 1 aliphatic rings. The molecule has 1 fully saturated rings. The van der Waals surface area contributed by atoms with Crippen LogP contribution in [0.3, 0.4) is 0 Å². The minimum atomic E-state index is -0.963. The number of carboxylic acids is 1. The van der Waals surface area contributed by atoms with Gasteiger partial charge in [-0.15, -0.1) is 5.10 Å². The Kier molecular flexibility index (Phi) is 5.85. The molecule has 3 rings (SSSR count). The predicted molar refractivity (Wildman–Crippen MR) is 93.5 cm³/mol. The van der Waals surface area contributed by atoms with Crippen molar-refractivity contribution in [3.05, 3.63) is 41.2 Å². The van der Waals surface area contributed by atoms with Crippen molar-refractivity contribution in [2.75, 3.05) is 19.7 Å². The number of amides is 1. The van der Waals surface area contributed by atoms with Crippen molar-refractivity contribution in [2.45, 2.75) is 25.4 Å². The monoisotopic (exact) mass is 378 g/mol. The molecule has 0 aliphatic carbocycles. The Morgan fingerprint density at radius 1 is 1.38 bits per heavy atom. The third-order valence-corrected chi connectivity index (χ3v) is 4.46. The molecule has 1 atom stereocenters. The number of halogens is 1. The molecule has 1 aromatic heterocycles. The highest BCUT2D eigenvalue weighted by Gasteiger charge is 2.25. The summed E-state index contributed by atoms with van der Waals surface area (Å²) in [4.78, 5) is 25.2. The lowest BCUT2D eigenvalue weighted by molar-refractivity contribution is -0.137. The van der Waals surface area contributed by atoms with Gasteiger partial charge in [0.1, 0.15) is 0 Å². The Morgan fingerprint density at radius 3 is 2.88 bits per heavy atom. The quantitative estimate of drug-likeness (QED) is 0.791. The number of para-hydroxylation sites is 1. The standard InChI is InChI=1S/C17H19ClN4O4/c18-13-5-1-2-6-15(13)22-11-14(19-20-22)17(25)21(8-7-16(23)24)10-12-4-3-9-26-12/h1-2,5-6,11-12H,3-4,7-10H2,(H,23,24)/t12-/m1/s1. The van der Waals surface area contributed by atoms with E-state index in [0.717, 1.165) is 12.8 Å². The third-order valence-electron chi connectivity index (χ3n) is 4.14. The third kappa shape index (κ3) is 4.39. The molecule has 2 aromatic rings. The lowest BCUT2D eigenvalue weighted by Crippen LogP contribution is -2.39. The normalized spacial score (nSPS) is 16.6. The molecule has 0 unspecified atom stereocenters. The molecule has 2 heterocycles. The van der Waals surface area contributed by atoms with Gasteiger partial charge in [0.2, 0.25) is 0 Å². The van der Waals surface area contributed by atoms with Crippen molar-refractivity contribution in [3.63, 3.8) is 0 Å². The van der Waals surface area contributed by atoms with E-state index in [0.29, 0.717) is 23.9 Å². The van der Waals surface area contributed by atoms with Gasteiger partial charge >= 0.3 is 5.97 Å². The van der Waals surface area contributed by atoms with Crippen LogP contribution in [0.25, 0.3) is 5.69 Å². The van der Waals surface area contributed by atoms with Gasteiger partial charge in [-0.25, -0.2) is 4.68 Å². The van der Waals surface area contributed by atoms with E-state index in [1.54, 1.807) is 24.3 Å². The van der Waals surface area contributed by atoms with E-state index in [-0.39, 0.29) is 30.7 Å².